The number of hydrogen-bond donors (Lipinski definition) is 1. The van der Waals surface area contributed by atoms with E-state index in [1.165, 1.54) is 12.1 Å². The van der Waals surface area contributed by atoms with E-state index >= 15 is 0 Å². The molecule has 1 fully saturated rings. The van der Waals surface area contributed by atoms with Crippen LogP contribution in [-0.2, 0) is 4.74 Å². The Morgan fingerprint density at radius 2 is 2.11 bits per heavy atom. The highest BCUT2D eigenvalue weighted by atomic mass is 79.9. The van der Waals surface area contributed by atoms with Gasteiger partial charge in [0.25, 0.3) is 0 Å². The van der Waals surface area contributed by atoms with Crippen LogP contribution in [0.4, 0.5) is 4.39 Å². The van der Waals surface area contributed by atoms with E-state index in [0.717, 1.165) is 0 Å². The Balaban J connectivity index is 2.36. The number of Topliss-reactive ketones (excluding diaryl/α,β-unsaturated/α-hetero) is 1. The molecular formula is C13H15BrFNO2. The van der Waals surface area contributed by atoms with Crippen molar-refractivity contribution >= 4 is 21.7 Å². The Morgan fingerprint density at radius 3 is 2.72 bits per heavy atom. The average molecular weight is 316 g/mol. The number of ketones is 1. The second kappa shape index (κ2) is 5.47. The maximum atomic E-state index is 13.8. The standard InChI is InChI=1S/C13H15BrFNO2/c14-9-1-2-11(15)10(7-9)12(17)13(8-16)3-5-18-6-4-13/h1-2,7H,3-6,8,16H2. The molecule has 0 radical (unpaired) electrons. The van der Waals surface area contributed by atoms with Crippen molar-refractivity contribution in [3.63, 3.8) is 0 Å². The van der Waals surface area contributed by atoms with Gasteiger partial charge >= 0.3 is 0 Å². The van der Waals surface area contributed by atoms with Crippen LogP contribution in [0.15, 0.2) is 22.7 Å². The minimum Gasteiger partial charge on any atom is -0.381 e. The first-order valence-corrected chi connectivity index (χ1v) is 6.66. The normalized spacial score (nSPS) is 18.6. The third-order valence-corrected chi connectivity index (χ3v) is 3.99. The predicted molar refractivity (Wildman–Crippen MR) is 70.0 cm³/mol. The van der Waals surface area contributed by atoms with Gasteiger partial charge in [0.1, 0.15) is 5.82 Å². The summed E-state index contributed by atoms with van der Waals surface area (Å²) < 4.78 is 19.7. The van der Waals surface area contributed by atoms with Crippen molar-refractivity contribution in [2.75, 3.05) is 19.8 Å². The van der Waals surface area contributed by atoms with Crippen molar-refractivity contribution in [3.05, 3.63) is 34.1 Å². The second-order valence-electron chi connectivity index (χ2n) is 4.55. The van der Waals surface area contributed by atoms with Crippen molar-refractivity contribution in [3.8, 4) is 0 Å². The summed E-state index contributed by atoms with van der Waals surface area (Å²) in [6, 6.07) is 4.39. The zero-order valence-electron chi connectivity index (χ0n) is 9.92. The molecule has 0 atom stereocenters. The fourth-order valence-corrected chi connectivity index (χ4v) is 2.60. The van der Waals surface area contributed by atoms with Crippen molar-refractivity contribution < 1.29 is 13.9 Å². The van der Waals surface area contributed by atoms with Crippen molar-refractivity contribution in [1.82, 2.24) is 0 Å². The molecular weight excluding hydrogens is 301 g/mol. The van der Waals surface area contributed by atoms with Gasteiger partial charge in [0.15, 0.2) is 5.78 Å². The molecule has 2 rings (SSSR count). The van der Waals surface area contributed by atoms with Crippen LogP contribution >= 0.6 is 15.9 Å². The Morgan fingerprint density at radius 1 is 1.44 bits per heavy atom. The Bertz CT molecular complexity index is 458. The minimum absolute atomic E-state index is 0.108. The summed E-state index contributed by atoms with van der Waals surface area (Å²) in [7, 11) is 0. The van der Waals surface area contributed by atoms with Gasteiger partial charge in [0.05, 0.1) is 11.0 Å². The molecule has 1 aliphatic heterocycles. The molecule has 0 unspecified atom stereocenters. The van der Waals surface area contributed by atoms with E-state index in [9.17, 15) is 9.18 Å². The summed E-state index contributed by atoms with van der Waals surface area (Å²) in [4.78, 5) is 12.5. The molecule has 3 nitrogen and oxygen atoms in total. The van der Waals surface area contributed by atoms with Gasteiger partial charge < -0.3 is 10.5 Å². The lowest BCUT2D eigenvalue weighted by molar-refractivity contribution is 0.0198. The molecule has 0 amide bonds. The van der Waals surface area contributed by atoms with Gasteiger partial charge in [-0.3, -0.25) is 4.79 Å². The van der Waals surface area contributed by atoms with Gasteiger partial charge in [-0.05, 0) is 31.0 Å². The SMILES string of the molecule is NCC1(C(=O)c2cc(Br)ccc2F)CCOCC1. The molecule has 0 bridgehead atoms. The van der Waals surface area contributed by atoms with Crippen molar-refractivity contribution in [2.45, 2.75) is 12.8 Å². The lowest BCUT2D eigenvalue weighted by Crippen LogP contribution is -2.43. The van der Waals surface area contributed by atoms with E-state index in [2.05, 4.69) is 15.9 Å². The first-order valence-electron chi connectivity index (χ1n) is 5.87. The molecule has 0 spiro atoms. The smallest absolute Gasteiger partial charge is 0.173 e. The largest absolute Gasteiger partial charge is 0.381 e. The summed E-state index contributed by atoms with van der Waals surface area (Å²) in [6.45, 7) is 1.22. The molecule has 1 aromatic rings. The highest BCUT2D eigenvalue weighted by Crippen LogP contribution is 2.34. The quantitative estimate of drug-likeness (QED) is 0.872. The monoisotopic (exact) mass is 315 g/mol. The number of ether oxygens (including phenoxy) is 1. The van der Waals surface area contributed by atoms with E-state index < -0.39 is 11.2 Å². The summed E-state index contributed by atoms with van der Waals surface area (Å²) in [5.41, 5.74) is 5.18. The molecule has 98 valence electrons. The summed E-state index contributed by atoms with van der Waals surface area (Å²) in [5, 5.41) is 0. The molecule has 1 heterocycles. The van der Waals surface area contributed by atoms with Crippen molar-refractivity contribution in [2.24, 2.45) is 11.1 Å². The fourth-order valence-electron chi connectivity index (χ4n) is 2.24. The zero-order chi connectivity index (χ0) is 13.2. The molecule has 0 saturated carbocycles. The Hall–Kier alpha value is -0.780. The summed E-state index contributed by atoms with van der Waals surface area (Å²) >= 11 is 3.25. The molecule has 1 aromatic carbocycles. The number of benzene rings is 1. The number of hydrogen-bond acceptors (Lipinski definition) is 3. The van der Waals surface area contributed by atoms with Crippen LogP contribution in [0.25, 0.3) is 0 Å². The highest BCUT2D eigenvalue weighted by molar-refractivity contribution is 9.10. The van der Waals surface area contributed by atoms with Gasteiger partial charge in [-0.15, -0.1) is 0 Å². The highest BCUT2D eigenvalue weighted by Gasteiger charge is 2.40. The lowest BCUT2D eigenvalue weighted by atomic mass is 9.74. The molecule has 0 aromatic heterocycles. The minimum atomic E-state index is -0.681. The first-order chi connectivity index (χ1) is 8.59. The number of carbonyl (C=O) groups excluding carboxylic acids is 1. The number of halogens is 2. The van der Waals surface area contributed by atoms with Gasteiger partial charge in [-0.25, -0.2) is 4.39 Å². The Labute approximate surface area is 114 Å². The third-order valence-electron chi connectivity index (χ3n) is 3.50. The molecule has 2 N–H and O–H groups in total. The second-order valence-corrected chi connectivity index (χ2v) is 5.47. The molecule has 5 heteroatoms. The predicted octanol–water partition coefficient (Wildman–Crippen LogP) is 2.53. The van der Waals surface area contributed by atoms with E-state index in [4.69, 9.17) is 10.5 Å². The first kappa shape index (κ1) is 13.6. The van der Waals surface area contributed by atoms with Crippen LogP contribution < -0.4 is 5.73 Å². The Kier molecular flexibility index (Phi) is 4.14. The summed E-state index contributed by atoms with van der Waals surface area (Å²) in [6.07, 6.45) is 1.10. The third kappa shape index (κ3) is 2.48. The van der Waals surface area contributed by atoms with E-state index in [1.807, 2.05) is 0 Å². The van der Waals surface area contributed by atoms with Crippen LogP contribution in [0, 0.1) is 11.2 Å². The fraction of sp³-hybridized carbons (Fsp3) is 0.462. The van der Waals surface area contributed by atoms with Crippen LogP contribution in [0.3, 0.4) is 0 Å². The van der Waals surface area contributed by atoms with Crippen LogP contribution in [-0.4, -0.2) is 25.5 Å². The van der Waals surface area contributed by atoms with Crippen LogP contribution in [0.5, 0.6) is 0 Å². The van der Waals surface area contributed by atoms with E-state index in [1.54, 1.807) is 6.07 Å². The lowest BCUT2D eigenvalue weighted by Gasteiger charge is -2.34. The van der Waals surface area contributed by atoms with Gasteiger partial charge in [0, 0.05) is 24.2 Å². The maximum Gasteiger partial charge on any atom is 0.173 e. The van der Waals surface area contributed by atoms with E-state index in [0.29, 0.717) is 30.5 Å². The van der Waals surface area contributed by atoms with Crippen LogP contribution in [0.1, 0.15) is 23.2 Å². The molecule has 1 aliphatic rings. The number of rotatable bonds is 3. The van der Waals surface area contributed by atoms with Gasteiger partial charge in [0.2, 0.25) is 0 Å². The maximum absolute atomic E-state index is 13.8. The van der Waals surface area contributed by atoms with Crippen LogP contribution in [0.2, 0.25) is 0 Å². The molecule has 18 heavy (non-hydrogen) atoms. The van der Waals surface area contributed by atoms with Gasteiger partial charge in [-0.1, -0.05) is 15.9 Å². The molecule has 1 saturated heterocycles. The van der Waals surface area contributed by atoms with Gasteiger partial charge in [-0.2, -0.15) is 0 Å². The number of carbonyl (C=O) groups is 1. The van der Waals surface area contributed by atoms with Crippen molar-refractivity contribution in [1.29, 1.82) is 0 Å². The average Bonchev–Trinajstić information content (AvgIpc) is 2.41. The zero-order valence-corrected chi connectivity index (χ0v) is 11.5. The summed E-state index contributed by atoms with van der Waals surface area (Å²) in [5.74, 6) is -0.713. The topological polar surface area (TPSA) is 52.3 Å². The molecule has 0 aliphatic carbocycles. The number of nitrogens with two attached hydrogens (primary N) is 1. The van der Waals surface area contributed by atoms with E-state index in [-0.39, 0.29) is 17.9 Å².